The number of fused-ring (bicyclic) bond motifs is 3. The highest BCUT2D eigenvalue weighted by Gasteiger charge is 2.43. The summed E-state index contributed by atoms with van der Waals surface area (Å²) < 4.78 is 5.83. The number of H-pyrrole nitrogens is 1. The maximum absolute atomic E-state index is 11.9. The van der Waals surface area contributed by atoms with Crippen molar-refractivity contribution in [1.82, 2.24) is 9.97 Å². The number of aromatic nitrogens is 2. The molecule has 4 heterocycles. The highest BCUT2D eigenvalue weighted by Crippen LogP contribution is 2.43. The summed E-state index contributed by atoms with van der Waals surface area (Å²) in [5, 5.41) is 0. The van der Waals surface area contributed by atoms with E-state index in [-0.39, 0.29) is 11.7 Å². The second kappa shape index (κ2) is 3.59. The molecule has 17 heavy (non-hydrogen) atoms. The van der Waals surface area contributed by atoms with Crippen molar-refractivity contribution < 1.29 is 4.74 Å². The van der Waals surface area contributed by atoms with Crippen LogP contribution in [0.15, 0.2) is 4.79 Å². The second-order valence-corrected chi connectivity index (χ2v) is 6.07. The monoisotopic (exact) mass is 250 g/mol. The van der Waals surface area contributed by atoms with Gasteiger partial charge in [0.25, 0.3) is 5.56 Å². The summed E-state index contributed by atoms with van der Waals surface area (Å²) in [6.45, 7) is 0. The van der Waals surface area contributed by atoms with E-state index in [1.165, 1.54) is 6.42 Å². The van der Waals surface area contributed by atoms with Gasteiger partial charge < -0.3 is 9.72 Å². The van der Waals surface area contributed by atoms with Gasteiger partial charge in [0.2, 0.25) is 0 Å². The van der Waals surface area contributed by atoms with Gasteiger partial charge in [0, 0.05) is 23.0 Å². The van der Waals surface area contributed by atoms with Crippen molar-refractivity contribution in [2.45, 2.75) is 48.9 Å². The third-order valence-corrected chi connectivity index (χ3v) is 5.03. The maximum Gasteiger partial charge on any atom is 0.255 e. The van der Waals surface area contributed by atoms with Gasteiger partial charge in [0.15, 0.2) is 0 Å². The molecule has 0 radical (unpaired) electrons. The van der Waals surface area contributed by atoms with E-state index in [1.807, 2.05) is 0 Å². The molecule has 2 bridgehead atoms. The molecular formula is C12H14N2O2S. The predicted molar refractivity (Wildman–Crippen MR) is 65.1 cm³/mol. The Labute approximate surface area is 103 Å². The lowest BCUT2D eigenvalue weighted by Gasteiger charge is -2.17. The number of hydrogen-bond acceptors (Lipinski definition) is 4. The minimum absolute atomic E-state index is 0.0674. The smallest absolute Gasteiger partial charge is 0.255 e. The molecule has 90 valence electrons. The third kappa shape index (κ3) is 1.48. The Balaban J connectivity index is 1.75. The van der Waals surface area contributed by atoms with Gasteiger partial charge in [-0.3, -0.25) is 4.79 Å². The van der Waals surface area contributed by atoms with Gasteiger partial charge in [-0.25, -0.2) is 4.98 Å². The Morgan fingerprint density at radius 2 is 2.29 bits per heavy atom. The lowest BCUT2D eigenvalue weighted by atomic mass is 9.88. The first-order valence-electron chi connectivity index (χ1n) is 6.16. The van der Waals surface area contributed by atoms with Crippen molar-refractivity contribution in [3.8, 4) is 0 Å². The summed E-state index contributed by atoms with van der Waals surface area (Å²) in [7, 11) is 0. The Bertz CT molecular complexity index is 528. The molecule has 3 aliphatic heterocycles. The van der Waals surface area contributed by atoms with Crippen LogP contribution < -0.4 is 5.56 Å². The van der Waals surface area contributed by atoms with Gasteiger partial charge in [-0.05, 0) is 19.3 Å². The molecule has 1 N–H and O–H groups in total. The maximum atomic E-state index is 11.9. The quantitative estimate of drug-likeness (QED) is 0.821. The van der Waals surface area contributed by atoms with Crippen LogP contribution in [0.5, 0.6) is 0 Å². The number of thioether (sulfide) groups is 1. The number of ether oxygens (including phenoxy) is 1. The molecule has 3 atom stereocenters. The molecule has 3 unspecified atom stereocenters. The number of nitrogens with one attached hydrogen (secondary N) is 1. The summed E-state index contributed by atoms with van der Waals surface area (Å²) in [6, 6.07) is 0. The molecule has 0 amide bonds. The lowest BCUT2D eigenvalue weighted by Crippen LogP contribution is -2.23. The molecule has 0 spiro atoms. The van der Waals surface area contributed by atoms with E-state index in [9.17, 15) is 4.79 Å². The molecule has 0 saturated carbocycles. The van der Waals surface area contributed by atoms with E-state index in [2.05, 4.69) is 9.97 Å². The van der Waals surface area contributed by atoms with Crippen molar-refractivity contribution in [2.75, 3.05) is 0 Å². The highest BCUT2D eigenvalue weighted by atomic mass is 32.2. The zero-order valence-corrected chi connectivity index (χ0v) is 10.3. The van der Waals surface area contributed by atoms with Crippen LogP contribution in [0, 0.1) is 0 Å². The summed E-state index contributed by atoms with van der Waals surface area (Å²) >= 11 is 1.77. The number of nitrogens with zero attached hydrogens (tertiary/aromatic N) is 1. The normalized spacial score (nSPS) is 34.2. The molecule has 1 aromatic heterocycles. The highest BCUT2D eigenvalue weighted by molar-refractivity contribution is 7.98. The molecule has 4 rings (SSSR count). The van der Waals surface area contributed by atoms with Gasteiger partial charge in [0.05, 0.1) is 17.9 Å². The van der Waals surface area contributed by atoms with Crippen LogP contribution in [0.4, 0.5) is 0 Å². The van der Waals surface area contributed by atoms with Crippen LogP contribution in [0.25, 0.3) is 0 Å². The van der Waals surface area contributed by atoms with E-state index in [1.54, 1.807) is 11.8 Å². The fraction of sp³-hybridized carbons (Fsp3) is 0.667. The fourth-order valence-corrected chi connectivity index (χ4v) is 4.22. The summed E-state index contributed by atoms with van der Waals surface area (Å²) in [4.78, 5) is 19.6. The SMILES string of the molecule is O=c1[nH]c(C2CC3CCC2O3)nc2c1CSC2. The molecule has 4 nitrogen and oxygen atoms in total. The van der Waals surface area contributed by atoms with Gasteiger partial charge in [-0.2, -0.15) is 11.8 Å². The minimum Gasteiger partial charge on any atom is -0.374 e. The van der Waals surface area contributed by atoms with Crippen LogP contribution in [-0.2, 0) is 16.2 Å². The molecule has 2 saturated heterocycles. The average Bonchev–Trinajstić information content (AvgIpc) is 3.04. The largest absolute Gasteiger partial charge is 0.374 e. The molecule has 0 aromatic carbocycles. The Hall–Kier alpha value is -0.810. The van der Waals surface area contributed by atoms with Crippen molar-refractivity contribution in [1.29, 1.82) is 0 Å². The van der Waals surface area contributed by atoms with Crippen molar-refractivity contribution in [3.05, 3.63) is 27.4 Å². The second-order valence-electron chi connectivity index (χ2n) is 5.09. The van der Waals surface area contributed by atoms with E-state index >= 15 is 0 Å². The summed E-state index contributed by atoms with van der Waals surface area (Å²) in [5.41, 5.74) is 1.94. The van der Waals surface area contributed by atoms with Crippen LogP contribution in [0.2, 0.25) is 0 Å². The predicted octanol–water partition coefficient (Wildman–Crippen LogP) is 1.55. The summed E-state index contributed by atoms with van der Waals surface area (Å²) in [5.74, 6) is 2.87. The minimum atomic E-state index is 0.0674. The number of rotatable bonds is 1. The van der Waals surface area contributed by atoms with E-state index in [0.717, 1.165) is 41.4 Å². The van der Waals surface area contributed by atoms with Crippen LogP contribution >= 0.6 is 11.8 Å². The Kier molecular flexibility index (Phi) is 2.14. The van der Waals surface area contributed by atoms with E-state index in [4.69, 9.17) is 4.74 Å². The topological polar surface area (TPSA) is 55.0 Å². The summed E-state index contributed by atoms with van der Waals surface area (Å²) in [6.07, 6.45) is 4.00. The fourth-order valence-electron chi connectivity index (χ4n) is 3.18. The molecule has 2 fully saturated rings. The van der Waals surface area contributed by atoms with Crippen molar-refractivity contribution in [2.24, 2.45) is 0 Å². The molecular weight excluding hydrogens is 236 g/mol. The van der Waals surface area contributed by atoms with Crippen LogP contribution in [0.1, 0.15) is 42.3 Å². The van der Waals surface area contributed by atoms with E-state index < -0.39 is 0 Å². The van der Waals surface area contributed by atoms with Crippen LogP contribution in [0.3, 0.4) is 0 Å². The standard InChI is InChI=1S/C12H14N2O2S/c15-12-8-4-17-5-9(8)13-11(14-12)7-3-6-1-2-10(7)16-6/h6-7,10H,1-5H2,(H,13,14,15). The Morgan fingerprint density at radius 1 is 1.35 bits per heavy atom. The lowest BCUT2D eigenvalue weighted by molar-refractivity contribution is 0.0998. The van der Waals surface area contributed by atoms with Crippen LogP contribution in [-0.4, -0.2) is 22.2 Å². The van der Waals surface area contributed by atoms with Gasteiger partial charge in [-0.15, -0.1) is 0 Å². The first-order chi connectivity index (χ1) is 8.31. The molecule has 0 aliphatic carbocycles. The third-order valence-electron chi connectivity index (χ3n) is 4.06. The zero-order valence-electron chi connectivity index (χ0n) is 9.44. The average molecular weight is 250 g/mol. The van der Waals surface area contributed by atoms with Gasteiger partial charge in [-0.1, -0.05) is 0 Å². The molecule has 5 heteroatoms. The first-order valence-corrected chi connectivity index (χ1v) is 7.32. The van der Waals surface area contributed by atoms with Crippen molar-refractivity contribution >= 4 is 11.8 Å². The molecule has 3 aliphatic rings. The zero-order chi connectivity index (χ0) is 11.4. The number of hydrogen-bond donors (Lipinski definition) is 1. The van der Waals surface area contributed by atoms with Gasteiger partial charge >= 0.3 is 0 Å². The Morgan fingerprint density at radius 3 is 3.06 bits per heavy atom. The first kappa shape index (κ1) is 10.1. The van der Waals surface area contributed by atoms with Crippen molar-refractivity contribution in [3.63, 3.8) is 0 Å². The molecule has 1 aromatic rings. The number of aromatic amines is 1. The van der Waals surface area contributed by atoms with Gasteiger partial charge in [0.1, 0.15) is 5.82 Å². The van der Waals surface area contributed by atoms with E-state index in [0.29, 0.717) is 12.0 Å².